The van der Waals surface area contributed by atoms with Crippen LogP contribution in [0.5, 0.6) is 0 Å². The van der Waals surface area contributed by atoms with Gasteiger partial charge in [0.25, 0.3) is 0 Å². The minimum absolute atomic E-state index is 0.104. The van der Waals surface area contributed by atoms with Crippen molar-refractivity contribution in [3.63, 3.8) is 0 Å². The van der Waals surface area contributed by atoms with Crippen LogP contribution in [0.2, 0.25) is 0 Å². The Hall–Kier alpha value is -4.11. The number of halogens is 1. The Kier molecular flexibility index (Phi) is 7.97. The van der Waals surface area contributed by atoms with Gasteiger partial charge in [-0.05, 0) is 54.7 Å². The summed E-state index contributed by atoms with van der Waals surface area (Å²) >= 11 is 0. The number of fused-ring (bicyclic) bond motifs is 1. The van der Waals surface area contributed by atoms with Crippen molar-refractivity contribution < 1.29 is 18.7 Å². The second-order valence-corrected chi connectivity index (χ2v) is 10.1. The molecule has 2 heterocycles. The van der Waals surface area contributed by atoms with Crippen molar-refractivity contribution in [2.45, 2.75) is 51.3 Å². The third-order valence-corrected chi connectivity index (χ3v) is 7.05. The molecule has 1 aliphatic heterocycles. The number of benzene rings is 3. The molecule has 1 aromatic heterocycles. The lowest BCUT2D eigenvalue weighted by Gasteiger charge is -2.32. The maximum absolute atomic E-state index is 15.3. The van der Waals surface area contributed by atoms with Gasteiger partial charge in [-0.25, -0.2) is 9.07 Å². The molecule has 0 bridgehead atoms. The monoisotopic (exact) mass is 529 g/mol. The van der Waals surface area contributed by atoms with Crippen LogP contribution >= 0.6 is 0 Å². The molecule has 9 heteroatoms. The number of nitrogens with zero attached hydrogens (tertiary/aromatic N) is 4. The minimum atomic E-state index is -1.25. The SMILES string of the molecule is CC(C)c1ccc(N(C(=O)Cn2nnc3ccccc32)[C@H](C(=O)NC[C@@H]2CCCO2)c2ccccc2F)cc1. The molecule has 4 aromatic rings. The van der Waals surface area contributed by atoms with Gasteiger partial charge in [-0.15, -0.1) is 5.10 Å². The van der Waals surface area contributed by atoms with Crippen LogP contribution in [0.4, 0.5) is 10.1 Å². The number of aromatic nitrogens is 3. The van der Waals surface area contributed by atoms with Gasteiger partial charge in [0.2, 0.25) is 11.8 Å². The number of carbonyl (C=O) groups is 2. The first-order valence-corrected chi connectivity index (χ1v) is 13.3. The molecule has 8 nitrogen and oxygen atoms in total. The van der Waals surface area contributed by atoms with Crippen LogP contribution in [-0.4, -0.2) is 46.1 Å². The standard InChI is InChI=1S/C30H32FN5O3/c1-20(2)21-13-15-22(16-14-21)36(28(37)19-35-27-12-6-5-11-26(27)33-34-35)29(24-9-3-4-10-25(24)31)30(38)32-18-23-8-7-17-39-23/h3-6,9-16,20,23,29H,7-8,17-19H2,1-2H3,(H,32,38)/t23-,29-/m0/s1. The summed E-state index contributed by atoms with van der Waals surface area (Å²) in [7, 11) is 0. The molecular weight excluding hydrogens is 497 g/mol. The number of carbonyl (C=O) groups excluding carboxylic acids is 2. The van der Waals surface area contributed by atoms with Crippen LogP contribution < -0.4 is 10.2 Å². The third kappa shape index (κ3) is 5.83. The van der Waals surface area contributed by atoms with Crippen molar-refractivity contribution in [3.05, 3.63) is 89.7 Å². The molecule has 202 valence electrons. The smallest absolute Gasteiger partial charge is 0.249 e. The number of para-hydroxylation sites is 1. The Morgan fingerprint density at radius 3 is 2.54 bits per heavy atom. The highest BCUT2D eigenvalue weighted by Crippen LogP contribution is 2.31. The number of anilines is 1. The summed E-state index contributed by atoms with van der Waals surface area (Å²) in [5, 5.41) is 11.2. The molecule has 2 atom stereocenters. The Bertz CT molecular complexity index is 1450. The number of hydrogen-bond acceptors (Lipinski definition) is 5. The minimum Gasteiger partial charge on any atom is -0.376 e. The molecule has 0 aliphatic carbocycles. The average molecular weight is 530 g/mol. The molecule has 39 heavy (non-hydrogen) atoms. The number of amides is 2. The average Bonchev–Trinajstić information content (AvgIpc) is 3.61. The summed E-state index contributed by atoms with van der Waals surface area (Å²) < 4.78 is 22.4. The summed E-state index contributed by atoms with van der Waals surface area (Å²) in [6, 6.07) is 19.6. The maximum Gasteiger partial charge on any atom is 0.249 e. The number of ether oxygens (including phenoxy) is 1. The highest BCUT2D eigenvalue weighted by Gasteiger charge is 2.35. The van der Waals surface area contributed by atoms with Gasteiger partial charge in [0.1, 0.15) is 23.9 Å². The van der Waals surface area contributed by atoms with Gasteiger partial charge < -0.3 is 10.1 Å². The summed E-state index contributed by atoms with van der Waals surface area (Å²) in [5.41, 5.74) is 3.00. The van der Waals surface area contributed by atoms with Crippen molar-refractivity contribution in [2.24, 2.45) is 0 Å². The van der Waals surface area contributed by atoms with E-state index in [-0.39, 0.29) is 30.7 Å². The van der Waals surface area contributed by atoms with E-state index < -0.39 is 23.7 Å². The molecular formula is C30H32FN5O3. The molecule has 5 rings (SSSR count). The van der Waals surface area contributed by atoms with Crippen molar-refractivity contribution >= 4 is 28.5 Å². The summed E-state index contributed by atoms with van der Waals surface area (Å²) in [6.07, 6.45) is 1.66. The van der Waals surface area contributed by atoms with Crippen LogP contribution in [0, 0.1) is 5.82 Å². The largest absolute Gasteiger partial charge is 0.376 e. The van der Waals surface area contributed by atoms with E-state index in [4.69, 9.17) is 4.74 Å². The first kappa shape index (κ1) is 26.5. The first-order chi connectivity index (χ1) is 18.9. The lowest BCUT2D eigenvalue weighted by molar-refractivity contribution is -0.127. The van der Waals surface area contributed by atoms with E-state index in [9.17, 15) is 9.59 Å². The fourth-order valence-corrected chi connectivity index (χ4v) is 4.91. The van der Waals surface area contributed by atoms with Crippen LogP contribution in [0.3, 0.4) is 0 Å². The van der Waals surface area contributed by atoms with E-state index in [1.807, 2.05) is 36.4 Å². The van der Waals surface area contributed by atoms with E-state index in [0.29, 0.717) is 23.3 Å². The number of hydrogen-bond donors (Lipinski definition) is 1. The van der Waals surface area contributed by atoms with Gasteiger partial charge >= 0.3 is 0 Å². The van der Waals surface area contributed by atoms with E-state index in [2.05, 4.69) is 29.5 Å². The summed E-state index contributed by atoms with van der Waals surface area (Å²) in [4.78, 5) is 29.2. The molecule has 0 spiro atoms. The zero-order chi connectivity index (χ0) is 27.4. The van der Waals surface area contributed by atoms with Crippen molar-refractivity contribution in [2.75, 3.05) is 18.1 Å². The van der Waals surface area contributed by atoms with Gasteiger partial charge in [0.15, 0.2) is 0 Å². The molecule has 1 N–H and O–H groups in total. The zero-order valence-corrected chi connectivity index (χ0v) is 22.1. The second-order valence-electron chi connectivity index (χ2n) is 10.1. The predicted octanol–water partition coefficient (Wildman–Crippen LogP) is 4.76. The highest BCUT2D eigenvalue weighted by atomic mass is 19.1. The van der Waals surface area contributed by atoms with Crippen LogP contribution in [-0.2, 0) is 20.9 Å². The van der Waals surface area contributed by atoms with Crippen LogP contribution in [0.25, 0.3) is 11.0 Å². The molecule has 0 radical (unpaired) electrons. The van der Waals surface area contributed by atoms with Gasteiger partial charge in [-0.2, -0.15) is 0 Å². The third-order valence-electron chi connectivity index (χ3n) is 7.05. The van der Waals surface area contributed by atoms with E-state index >= 15 is 4.39 Å². The second kappa shape index (κ2) is 11.7. The molecule has 1 saturated heterocycles. The van der Waals surface area contributed by atoms with Gasteiger partial charge in [0, 0.05) is 24.4 Å². The lowest BCUT2D eigenvalue weighted by Crippen LogP contribution is -2.47. The lowest BCUT2D eigenvalue weighted by atomic mass is 10.00. The van der Waals surface area contributed by atoms with Gasteiger partial charge in [-0.3, -0.25) is 14.5 Å². The zero-order valence-electron chi connectivity index (χ0n) is 22.1. The van der Waals surface area contributed by atoms with Crippen LogP contribution in [0.15, 0.2) is 72.8 Å². The molecule has 2 amide bonds. The van der Waals surface area contributed by atoms with E-state index in [1.54, 1.807) is 30.3 Å². The summed E-state index contributed by atoms with van der Waals surface area (Å²) in [5.74, 6) is -1.21. The fraction of sp³-hybridized carbons (Fsp3) is 0.333. The topological polar surface area (TPSA) is 89.4 Å². The van der Waals surface area contributed by atoms with Crippen molar-refractivity contribution in [1.82, 2.24) is 20.3 Å². The Morgan fingerprint density at radius 2 is 1.82 bits per heavy atom. The quantitative estimate of drug-likeness (QED) is 0.338. The Balaban J connectivity index is 1.55. The normalized spacial score (nSPS) is 15.9. The molecule has 0 saturated carbocycles. The molecule has 3 aromatic carbocycles. The highest BCUT2D eigenvalue weighted by molar-refractivity contribution is 6.01. The number of rotatable bonds is 9. The first-order valence-electron chi connectivity index (χ1n) is 13.3. The van der Waals surface area contributed by atoms with Crippen molar-refractivity contribution in [1.29, 1.82) is 0 Å². The number of nitrogens with one attached hydrogen (secondary N) is 1. The molecule has 1 fully saturated rings. The van der Waals surface area contributed by atoms with Crippen LogP contribution in [0.1, 0.15) is 49.8 Å². The maximum atomic E-state index is 15.3. The predicted molar refractivity (Wildman–Crippen MR) is 147 cm³/mol. The van der Waals surface area contributed by atoms with E-state index in [1.165, 1.54) is 15.6 Å². The molecule has 1 aliphatic rings. The van der Waals surface area contributed by atoms with E-state index in [0.717, 1.165) is 18.4 Å². The van der Waals surface area contributed by atoms with Gasteiger partial charge in [0.05, 0.1) is 11.6 Å². The van der Waals surface area contributed by atoms with Gasteiger partial charge in [-0.1, -0.05) is 61.5 Å². The Morgan fingerprint density at radius 1 is 1.08 bits per heavy atom. The summed E-state index contributed by atoms with van der Waals surface area (Å²) in [6.45, 7) is 4.90. The molecule has 0 unspecified atom stereocenters. The fourth-order valence-electron chi connectivity index (χ4n) is 4.91. The Labute approximate surface area is 226 Å². The van der Waals surface area contributed by atoms with Crippen molar-refractivity contribution in [3.8, 4) is 0 Å².